The molecule has 2 N–H and O–H groups in total. The molecule has 0 amide bonds. The second-order valence-electron chi connectivity index (χ2n) is 4.82. The molecule has 0 fully saturated rings. The third kappa shape index (κ3) is 2.89. The Kier molecular flexibility index (Phi) is 4.34. The van der Waals surface area contributed by atoms with Crippen LogP contribution in [0.4, 0.5) is 0 Å². The average Bonchev–Trinajstić information content (AvgIpc) is 2.39. The third-order valence-electron chi connectivity index (χ3n) is 3.42. The van der Waals surface area contributed by atoms with Crippen LogP contribution in [0.5, 0.6) is 0 Å². The predicted molar refractivity (Wildman–Crippen MR) is 76.8 cm³/mol. The first-order chi connectivity index (χ1) is 8.74. The van der Waals surface area contributed by atoms with Gasteiger partial charge in [0.25, 0.3) is 0 Å². The van der Waals surface area contributed by atoms with Crippen molar-refractivity contribution in [3.05, 3.63) is 47.5 Å². The fourth-order valence-corrected chi connectivity index (χ4v) is 2.37. The maximum atomic E-state index is 8.93. The van der Waals surface area contributed by atoms with Gasteiger partial charge in [0.05, 0.1) is 0 Å². The molecule has 0 saturated heterocycles. The van der Waals surface area contributed by atoms with E-state index in [0.29, 0.717) is 6.04 Å². The van der Waals surface area contributed by atoms with Crippen molar-refractivity contribution >= 4 is 10.8 Å². The Bertz CT molecular complexity index is 521. The second kappa shape index (κ2) is 5.98. The number of hydrogen-bond acceptors (Lipinski definition) is 2. The summed E-state index contributed by atoms with van der Waals surface area (Å²) in [5.41, 5.74) is 2.59. The molecule has 0 saturated carbocycles. The molecule has 2 aromatic rings. The minimum atomic E-state index is 0.255. The number of aliphatic hydroxyl groups is 1. The zero-order chi connectivity index (χ0) is 13.0. The lowest BCUT2D eigenvalue weighted by atomic mass is 9.98. The number of aryl methyl sites for hydroxylation is 1. The van der Waals surface area contributed by atoms with Crippen LogP contribution in [0.25, 0.3) is 10.8 Å². The molecular weight excluding hydrogens is 222 g/mol. The van der Waals surface area contributed by atoms with E-state index >= 15 is 0 Å². The Labute approximate surface area is 109 Å². The molecule has 2 aromatic carbocycles. The Balaban J connectivity index is 2.30. The van der Waals surface area contributed by atoms with Crippen molar-refractivity contribution in [2.24, 2.45) is 0 Å². The van der Waals surface area contributed by atoms with Crippen molar-refractivity contribution in [2.45, 2.75) is 25.8 Å². The summed E-state index contributed by atoms with van der Waals surface area (Å²) in [6, 6.07) is 13.5. The minimum Gasteiger partial charge on any atom is -0.396 e. The van der Waals surface area contributed by atoms with Crippen LogP contribution >= 0.6 is 0 Å². The van der Waals surface area contributed by atoms with Crippen LogP contribution < -0.4 is 5.32 Å². The highest BCUT2D eigenvalue weighted by Crippen LogP contribution is 2.23. The highest BCUT2D eigenvalue weighted by Gasteiger charge is 2.09. The Hall–Kier alpha value is -1.38. The normalized spacial score (nSPS) is 12.8. The zero-order valence-corrected chi connectivity index (χ0v) is 11.1. The largest absolute Gasteiger partial charge is 0.396 e. The molecule has 0 aliphatic rings. The first-order valence-corrected chi connectivity index (χ1v) is 6.53. The van der Waals surface area contributed by atoms with Crippen LogP contribution in [0.15, 0.2) is 36.4 Å². The van der Waals surface area contributed by atoms with Gasteiger partial charge in [-0.25, -0.2) is 0 Å². The average molecular weight is 243 g/mol. The molecule has 2 nitrogen and oxygen atoms in total. The molecule has 0 aliphatic carbocycles. The van der Waals surface area contributed by atoms with Gasteiger partial charge in [-0.1, -0.05) is 35.9 Å². The molecule has 0 aromatic heterocycles. The standard InChI is InChI=1S/C16H21NO/c1-12-5-6-14-11-15(8-7-13(14)10-12)16(17-2)4-3-9-18/h5-8,10-11,16-18H,3-4,9H2,1-2H3. The first kappa shape index (κ1) is 13.1. The third-order valence-corrected chi connectivity index (χ3v) is 3.42. The van der Waals surface area contributed by atoms with Gasteiger partial charge in [0.2, 0.25) is 0 Å². The van der Waals surface area contributed by atoms with Crippen LogP contribution in [0.2, 0.25) is 0 Å². The number of benzene rings is 2. The summed E-state index contributed by atoms with van der Waals surface area (Å²) in [7, 11) is 1.97. The second-order valence-corrected chi connectivity index (χ2v) is 4.82. The molecule has 2 heteroatoms. The van der Waals surface area contributed by atoms with Gasteiger partial charge in [0, 0.05) is 12.6 Å². The van der Waals surface area contributed by atoms with Gasteiger partial charge >= 0.3 is 0 Å². The molecule has 18 heavy (non-hydrogen) atoms. The maximum absolute atomic E-state index is 8.93. The lowest BCUT2D eigenvalue weighted by Crippen LogP contribution is -2.16. The van der Waals surface area contributed by atoms with Crippen molar-refractivity contribution in [2.75, 3.05) is 13.7 Å². The quantitative estimate of drug-likeness (QED) is 0.845. The van der Waals surface area contributed by atoms with Crippen molar-refractivity contribution in [1.82, 2.24) is 5.32 Å². The van der Waals surface area contributed by atoms with Gasteiger partial charge in [-0.3, -0.25) is 0 Å². The highest BCUT2D eigenvalue weighted by molar-refractivity contribution is 5.83. The molecule has 2 rings (SSSR count). The van der Waals surface area contributed by atoms with Gasteiger partial charge in [0.15, 0.2) is 0 Å². The van der Waals surface area contributed by atoms with E-state index in [2.05, 4.69) is 48.6 Å². The van der Waals surface area contributed by atoms with E-state index in [1.54, 1.807) is 0 Å². The van der Waals surface area contributed by atoms with Crippen LogP contribution in [-0.2, 0) is 0 Å². The molecule has 0 radical (unpaired) electrons. The first-order valence-electron chi connectivity index (χ1n) is 6.53. The summed E-state index contributed by atoms with van der Waals surface area (Å²) in [5.74, 6) is 0. The molecule has 0 aliphatic heterocycles. The summed E-state index contributed by atoms with van der Waals surface area (Å²) >= 11 is 0. The minimum absolute atomic E-state index is 0.255. The Morgan fingerprint density at radius 3 is 2.56 bits per heavy atom. The predicted octanol–water partition coefficient (Wildman–Crippen LogP) is 3.18. The molecule has 1 atom stereocenters. The van der Waals surface area contributed by atoms with E-state index in [-0.39, 0.29) is 6.61 Å². The Morgan fingerprint density at radius 1 is 1.11 bits per heavy atom. The van der Waals surface area contributed by atoms with Gasteiger partial charge in [-0.05, 0) is 49.2 Å². The van der Waals surface area contributed by atoms with Crippen molar-refractivity contribution in [1.29, 1.82) is 0 Å². The van der Waals surface area contributed by atoms with E-state index in [4.69, 9.17) is 5.11 Å². The molecule has 1 unspecified atom stereocenters. The number of hydrogen-bond donors (Lipinski definition) is 2. The lowest BCUT2D eigenvalue weighted by Gasteiger charge is -2.16. The van der Waals surface area contributed by atoms with Crippen LogP contribution in [-0.4, -0.2) is 18.8 Å². The molecule has 0 bridgehead atoms. The highest BCUT2D eigenvalue weighted by atomic mass is 16.2. The fourth-order valence-electron chi connectivity index (χ4n) is 2.37. The summed E-state index contributed by atoms with van der Waals surface area (Å²) in [5, 5.41) is 14.8. The number of fused-ring (bicyclic) bond motifs is 1. The number of aliphatic hydroxyl groups excluding tert-OH is 1. The number of nitrogens with one attached hydrogen (secondary N) is 1. The summed E-state index contributed by atoms with van der Waals surface area (Å²) < 4.78 is 0. The number of rotatable bonds is 5. The van der Waals surface area contributed by atoms with Crippen molar-refractivity contribution in [3.8, 4) is 0 Å². The van der Waals surface area contributed by atoms with Crippen LogP contribution in [0.3, 0.4) is 0 Å². The van der Waals surface area contributed by atoms with Crippen molar-refractivity contribution in [3.63, 3.8) is 0 Å². The molecule has 0 heterocycles. The zero-order valence-electron chi connectivity index (χ0n) is 11.1. The maximum Gasteiger partial charge on any atom is 0.0431 e. The summed E-state index contributed by atoms with van der Waals surface area (Å²) in [6.45, 7) is 2.37. The van der Waals surface area contributed by atoms with Gasteiger partial charge in [-0.2, -0.15) is 0 Å². The smallest absolute Gasteiger partial charge is 0.0431 e. The van der Waals surface area contributed by atoms with Crippen LogP contribution in [0, 0.1) is 6.92 Å². The van der Waals surface area contributed by atoms with E-state index in [0.717, 1.165) is 12.8 Å². The van der Waals surface area contributed by atoms with Gasteiger partial charge in [0.1, 0.15) is 0 Å². The molecular formula is C16H21NO. The van der Waals surface area contributed by atoms with E-state index < -0.39 is 0 Å². The molecule has 96 valence electrons. The van der Waals surface area contributed by atoms with Gasteiger partial charge in [-0.15, -0.1) is 0 Å². The monoisotopic (exact) mass is 243 g/mol. The van der Waals surface area contributed by atoms with E-state index in [9.17, 15) is 0 Å². The van der Waals surface area contributed by atoms with Gasteiger partial charge < -0.3 is 10.4 Å². The lowest BCUT2D eigenvalue weighted by molar-refractivity contribution is 0.276. The van der Waals surface area contributed by atoms with Crippen molar-refractivity contribution < 1.29 is 5.11 Å². The van der Waals surface area contributed by atoms with E-state index in [1.807, 2.05) is 7.05 Å². The topological polar surface area (TPSA) is 32.3 Å². The Morgan fingerprint density at radius 2 is 1.83 bits per heavy atom. The molecule has 0 spiro atoms. The fraction of sp³-hybridized carbons (Fsp3) is 0.375. The van der Waals surface area contributed by atoms with Crippen LogP contribution in [0.1, 0.15) is 30.0 Å². The van der Waals surface area contributed by atoms with E-state index in [1.165, 1.54) is 21.9 Å². The summed E-state index contributed by atoms with van der Waals surface area (Å²) in [4.78, 5) is 0. The SMILES string of the molecule is CNC(CCCO)c1ccc2cc(C)ccc2c1. The summed E-state index contributed by atoms with van der Waals surface area (Å²) in [6.07, 6.45) is 1.79.